The van der Waals surface area contributed by atoms with Crippen LogP contribution in [0.3, 0.4) is 0 Å². The zero-order valence-corrected chi connectivity index (χ0v) is 15.5. The number of nitrogens with one attached hydrogen (secondary N) is 1. The quantitative estimate of drug-likeness (QED) is 0.813. The van der Waals surface area contributed by atoms with E-state index in [0.29, 0.717) is 36.8 Å². The highest BCUT2D eigenvalue weighted by molar-refractivity contribution is 5.96. The van der Waals surface area contributed by atoms with Crippen LogP contribution in [-0.2, 0) is 11.3 Å². The molecule has 142 valence electrons. The van der Waals surface area contributed by atoms with Crippen molar-refractivity contribution in [2.45, 2.75) is 6.54 Å². The Morgan fingerprint density at radius 3 is 2.48 bits per heavy atom. The van der Waals surface area contributed by atoms with Crippen LogP contribution in [0.2, 0.25) is 0 Å². The lowest BCUT2D eigenvalue weighted by Gasteiger charge is -2.19. The highest BCUT2D eigenvalue weighted by atomic mass is 16.5. The van der Waals surface area contributed by atoms with Gasteiger partial charge in [-0.25, -0.2) is 4.79 Å². The van der Waals surface area contributed by atoms with E-state index in [1.54, 1.807) is 37.3 Å². The van der Waals surface area contributed by atoms with E-state index in [9.17, 15) is 9.59 Å². The Kier molecular flexibility index (Phi) is 5.80. The first-order valence-corrected chi connectivity index (χ1v) is 8.71. The van der Waals surface area contributed by atoms with Gasteiger partial charge in [0, 0.05) is 31.4 Å². The van der Waals surface area contributed by atoms with Gasteiger partial charge in [-0.15, -0.1) is 0 Å². The Hall–Kier alpha value is -3.22. The van der Waals surface area contributed by atoms with E-state index in [0.717, 1.165) is 5.56 Å². The summed E-state index contributed by atoms with van der Waals surface area (Å²) in [6, 6.07) is 14.8. The summed E-state index contributed by atoms with van der Waals surface area (Å²) in [5.74, 6) is 0.980. The Morgan fingerprint density at radius 1 is 1.04 bits per heavy atom. The summed E-state index contributed by atoms with van der Waals surface area (Å²) >= 11 is 0. The minimum absolute atomic E-state index is 0.0372. The third-order valence-electron chi connectivity index (χ3n) is 4.44. The van der Waals surface area contributed by atoms with E-state index < -0.39 is 0 Å². The summed E-state index contributed by atoms with van der Waals surface area (Å²) in [5.41, 5.74) is 1.73. The Labute approximate surface area is 158 Å². The van der Waals surface area contributed by atoms with Crippen molar-refractivity contribution in [1.29, 1.82) is 0 Å². The number of amides is 3. The molecule has 3 rings (SSSR count). The molecule has 0 unspecified atom stereocenters. The standard InChI is InChI=1S/C20H23N3O4/c1-26-17-9-8-16(12-18(17)27-2)23-11-10-22(20(23)25)14-19(24)21-13-15-6-4-3-5-7-15/h3-9,12H,10-11,13-14H2,1-2H3,(H,21,24). The topological polar surface area (TPSA) is 71.1 Å². The van der Waals surface area contributed by atoms with Crippen LogP contribution in [0.1, 0.15) is 5.56 Å². The van der Waals surface area contributed by atoms with E-state index in [2.05, 4.69) is 5.32 Å². The van der Waals surface area contributed by atoms with Crippen molar-refractivity contribution in [1.82, 2.24) is 10.2 Å². The fourth-order valence-electron chi connectivity index (χ4n) is 2.99. The zero-order chi connectivity index (χ0) is 19.2. The largest absolute Gasteiger partial charge is 0.493 e. The molecule has 1 heterocycles. The number of carbonyl (C=O) groups is 2. The SMILES string of the molecule is COc1ccc(N2CCN(CC(=O)NCc3ccccc3)C2=O)cc1OC. The second kappa shape index (κ2) is 8.44. The molecule has 7 heteroatoms. The second-order valence-corrected chi connectivity index (χ2v) is 6.16. The van der Waals surface area contributed by atoms with Gasteiger partial charge >= 0.3 is 6.03 Å². The predicted octanol–water partition coefficient (Wildman–Crippen LogP) is 2.26. The Bertz CT molecular complexity index is 810. The average molecular weight is 369 g/mol. The summed E-state index contributed by atoms with van der Waals surface area (Å²) in [5, 5.41) is 2.85. The van der Waals surface area contributed by atoms with Crippen molar-refractivity contribution in [3.63, 3.8) is 0 Å². The Morgan fingerprint density at radius 2 is 1.78 bits per heavy atom. The van der Waals surface area contributed by atoms with Crippen molar-refractivity contribution >= 4 is 17.6 Å². The molecule has 7 nitrogen and oxygen atoms in total. The van der Waals surface area contributed by atoms with Crippen LogP contribution in [-0.4, -0.2) is 50.7 Å². The average Bonchev–Trinajstić information content (AvgIpc) is 3.06. The summed E-state index contributed by atoms with van der Waals surface area (Å²) in [6.07, 6.45) is 0. The molecule has 0 aliphatic carbocycles. The van der Waals surface area contributed by atoms with Crippen molar-refractivity contribution in [2.75, 3.05) is 38.8 Å². The third-order valence-corrected chi connectivity index (χ3v) is 4.44. The van der Waals surface area contributed by atoms with Gasteiger partial charge in [-0.1, -0.05) is 30.3 Å². The van der Waals surface area contributed by atoms with Crippen molar-refractivity contribution in [2.24, 2.45) is 0 Å². The number of carbonyl (C=O) groups excluding carboxylic acids is 2. The van der Waals surface area contributed by atoms with Crippen LogP contribution in [0.25, 0.3) is 0 Å². The first-order valence-electron chi connectivity index (χ1n) is 8.71. The van der Waals surface area contributed by atoms with Gasteiger partial charge in [0.2, 0.25) is 5.91 Å². The van der Waals surface area contributed by atoms with Gasteiger partial charge < -0.3 is 19.7 Å². The van der Waals surface area contributed by atoms with Crippen molar-refractivity contribution in [3.8, 4) is 11.5 Å². The molecule has 1 fully saturated rings. The summed E-state index contributed by atoms with van der Waals surface area (Å²) in [7, 11) is 3.12. The number of methoxy groups -OCH3 is 2. The molecule has 1 saturated heterocycles. The van der Waals surface area contributed by atoms with Crippen LogP contribution in [0, 0.1) is 0 Å². The molecule has 0 spiro atoms. The highest BCUT2D eigenvalue weighted by Crippen LogP contribution is 2.32. The number of urea groups is 1. The molecule has 2 aromatic rings. The lowest BCUT2D eigenvalue weighted by atomic mass is 10.2. The molecule has 0 atom stereocenters. The molecule has 27 heavy (non-hydrogen) atoms. The molecule has 1 aliphatic rings. The fraction of sp³-hybridized carbons (Fsp3) is 0.300. The molecule has 3 amide bonds. The minimum atomic E-state index is -0.197. The third kappa shape index (κ3) is 4.31. The monoisotopic (exact) mass is 369 g/mol. The normalized spacial score (nSPS) is 13.6. The molecule has 1 N–H and O–H groups in total. The molecule has 0 saturated carbocycles. The van der Waals surface area contributed by atoms with E-state index in [-0.39, 0.29) is 18.5 Å². The highest BCUT2D eigenvalue weighted by Gasteiger charge is 2.31. The summed E-state index contributed by atoms with van der Waals surface area (Å²) in [6.45, 7) is 1.49. The van der Waals surface area contributed by atoms with Gasteiger partial charge in [0.05, 0.1) is 14.2 Å². The van der Waals surface area contributed by atoms with Gasteiger partial charge in [-0.2, -0.15) is 0 Å². The van der Waals surface area contributed by atoms with Crippen LogP contribution in [0.15, 0.2) is 48.5 Å². The minimum Gasteiger partial charge on any atom is -0.493 e. The second-order valence-electron chi connectivity index (χ2n) is 6.16. The zero-order valence-electron chi connectivity index (χ0n) is 15.5. The molecule has 1 aliphatic heterocycles. The smallest absolute Gasteiger partial charge is 0.325 e. The van der Waals surface area contributed by atoms with Gasteiger partial charge in [0.25, 0.3) is 0 Å². The Balaban J connectivity index is 1.59. The van der Waals surface area contributed by atoms with Crippen LogP contribution in [0.5, 0.6) is 11.5 Å². The van der Waals surface area contributed by atoms with E-state index >= 15 is 0 Å². The van der Waals surface area contributed by atoms with Gasteiger partial charge in [-0.05, 0) is 17.7 Å². The molecular formula is C20H23N3O4. The maximum Gasteiger partial charge on any atom is 0.325 e. The number of nitrogens with zero attached hydrogens (tertiary/aromatic N) is 2. The molecule has 0 radical (unpaired) electrons. The number of ether oxygens (including phenoxy) is 2. The van der Waals surface area contributed by atoms with Crippen LogP contribution in [0.4, 0.5) is 10.5 Å². The lowest BCUT2D eigenvalue weighted by Crippen LogP contribution is -2.39. The number of rotatable bonds is 7. The number of hydrogen-bond acceptors (Lipinski definition) is 4. The molecular weight excluding hydrogens is 346 g/mol. The molecule has 2 aromatic carbocycles. The summed E-state index contributed by atoms with van der Waals surface area (Å²) < 4.78 is 10.5. The molecule has 0 bridgehead atoms. The van der Waals surface area contributed by atoms with Gasteiger partial charge in [0.15, 0.2) is 11.5 Å². The van der Waals surface area contributed by atoms with Gasteiger partial charge in [0.1, 0.15) is 6.54 Å². The van der Waals surface area contributed by atoms with E-state index in [1.807, 2.05) is 30.3 Å². The first-order chi connectivity index (χ1) is 13.1. The maximum absolute atomic E-state index is 12.7. The van der Waals surface area contributed by atoms with Crippen molar-refractivity contribution < 1.29 is 19.1 Å². The summed E-state index contributed by atoms with van der Waals surface area (Å²) in [4.78, 5) is 28.0. The first kappa shape index (κ1) is 18.6. The van der Waals surface area contributed by atoms with E-state index in [4.69, 9.17) is 9.47 Å². The number of hydrogen-bond donors (Lipinski definition) is 1. The molecule has 0 aromatic heterocycles. The fourth-order valence-corrected chi connectivity index (χ4v) is 2.99. The number of benzene rings is 2. The van der Waals surface area contributed by atoms with Crippen LogP contribution >= 0.6 is 0 Å². The van der Waals surface area contributed by atoms with Crippen LogP contribution < -0.4 is 19.7 Å². The number of anilines is 1. The van der Waals surface area contributed by atoms with E-state index in [1.165, 1.54) is 4.90 Å². The van der Waals surface area contributed by atoms with Gasteiger partial charge in [-0.3, -0.25) is 9.69 Å². The maximum atomic E-state index is 12.7. The predicted molar refractivity (Wildman–Crippen MR) is 102 cm³/mol. The lowest BCUT2D eigenvalue weighted by molar-refractivity contribution is -0.121. The van der Waals surface area contributed by atoms with Crippen molar-refractivity contribution in [3.05, 3.63) is 54.1 Å².